The Bertz CT molecular complexity index is 454. The first-order valence-electron chi connectivity index (χ1n) is 7.99. The molecule has 0 bridgehead atoms. The molecule has 21 heavy (non-hydrogen) atoms. The fraction of sp³-hybridized carbons (Fsp3) is 0.647. The molecule has 0 amide bonds. The van der Waals surface area contributed by atoms with Gasteiger partial charge in [0.25, 0.3) is 0 Å². The van der Waals surface area contributed by atoms with Gasteiger partial charge in [-0.1, -0.05) is 12.8 Å². The van der Waals surface area contributed by atoms with E-state index in [0.29, 0.717) is 11.1 Å². The summed E-state index contributed by atoms with van der Waals surface area (Å²) in [6, 6.07) is 2.42. The highest BCUT2D eigenvalue weighted by molar-refractivity contribution is 5.27. The molecule has 1 aromatic rings. The third-order valence-corrected chi connectivity index (χ3v) is 4.32. The minimum Gasteiger partial charge on any atom is -0.309 e. The normalized spacial score (nSPS) is 18.5. The van der Waals surface area contributed by atoms with E-state index < -0.39 is 0 Å². The van der Waals surface area contributed by atoms with Crippen molar-refractivity contribution in [2.75, 3.05) is 26.2 Å². The smallest absolute Gasteiger partial charge is 0.128 e. The standard InChI is InChI=1S/C17H26F2N2/c1-13-11-17(19)15(12-16(13)18)14(2)20-7-10-21-8-5-3-4-6-9-21/h11-12,14,20H,3-10H2,1-2H3. The van der Waals surface area contributed by atoms with Crippen LogP contribution in [0, 0.1) is 18.6 Å². The van der Waals surface area contributed by atoms with E-state index >= 15 is 0 Å². The second-order valence-electron chi connectivity index (χ2n) is 6.05. The summed E-state index contributed by atoms with van der Waals surface area (Å²) in [7, 11) is 0. The summed E-state index contributed by atoms with van der Waals surface area (Å²) in [4.78, 5) is 2.46. The summed E-state index contributed by atoms with van der Waals surface area (Å²) in [5, 5.41) is 3.31. The fourth-order valence-electron chi connectivity index (χ4n) is 2.90. The number of hydrogen-bond acceptors (Lipinski definition) is 2. The lowest BCUT2D eigenvalue weighted by atomic mass is 10.1. The van der Waals surface area contributed by atoms with Gasteiger partial charge in [-0.15, -0.1) is 0 Å². The largest absolute Gasteiger partial charge is 0.309 e. The SMILES string of the molecule is Cc1cc(F)c(C(C)NCCN2CCCCCC2)cc1F. The van der Waals surface area contributed by atoms with Crippen LogP contribution in [0.3, 0.4) is 0 Å². The van der Waals surface area contributed by atoms with Crippen LogP contribution in [0.15, 0.2) is 12.1 Å². The van der Waals surface area contributed by atoms with E-state index in [1.54, 1.807) is 6.92 Å². The Hall–Kier alpha value is -1.00. The monoisotopic (exact) mass is 296 g/mol. The lowest BCUT2D eigenvalue weighted by Gasteiger charge is -2.22. The molecule has 0 spiro atoms. The molecule has 4 heteroatoms. The van der Waals surface area contributed by atoms with Crippen LogP contribution < -0.4 is 5.32 Å². The average Bonchev–Trinajstić information content (AvgIpc) is 2.71. The van der Waals surface area contributed by atoms with Crippen molar-refractivity contribution >= 4 is 0 Å². The van der Waals surface area contributed by atoms with Crippen LogP contribution in [0.5, 0.6) is 0 Å². The van der Waals surface area contributed by atoms with Crippen molar-refractivity contribution in [2.24, 2.45) is 0 Å². The van der Waals surface area contributed by atoms with E-state index in [0.717, 1.165) is 26.2 Å². The second-order valence-corrected chi connectivity index (χ2v) is 6.05. The van der Waals surface area contributed by atoms with Crippen LogP contribution in [-0.2, 0) is 0 Å². The molecule has 1 fully saturated rings. The molecule has 1 atom stereocenters. The van der Waals surface area contributed by atoms with Crippen LogP contribution in [0.1, 0.15) is 49.8 Å². The summed E-state index contributed by atoms with van der Waals surface area (Å²) >= 11 is 0. The molecule has 1 aromatic carbocycles. The van der Waals surface area contributed by atoms with Gasteiger partial charge in [0.15, 0.2) is 0 Å². The molecule has 1 saturated heterocycles. The molecule has 0 saturated carbocycles. The minimum atomic E-state index is -0.340. The first-order valence-corrected chi connectivity index (χ1v) is 7.99. The van der Waals surface area contributed by atoms with Gasteiger partial charge in [-0.3, -0.25) is 0 Å². The number of halogens is 2. The van der Waals surface area contributed by atoms with Crippen LogP contribution in [0.4, 0.5) is 8.78 Å². The summed E-state index contributed by atoms with van der Waals surface area (Å²) < 4.78 is 27.5. The summed E-state index contributed by atoms with van der Waals surface area (Å²) in [6.07, 6.45) is 5.20. The Labute approximate surface area is 126 Å². The molecule has 1 aliphatic rings. The van der Waals surface area contributed by atoms with Gasteiger partial charge in [0, 0.05) is 24.7 Å². The molecular formula is C17H26F2N2. The zero-order chi connectivity index (χ0) is 15.2. The van der Waals surface area contributed by atoms with Gasteiger partial charge >= 0.3 is 0 Å². The van der Waals surface area contributed by atoms with Crippen LogP contribution in [-0.4, -0.2) is 31.1 Å². The number of nitrogens with zero attached hydrogens (tertiary/aromatic N) is 1. The van der Waals surface area contributed by atoms with Crippen LogP contribution in [0.2, 0.25) is 0 Å². The zero-order valence-electron chi connectivity index (χ0n) is 13.1. The zero-order valence-corrected chi connectivity index (χ0v) is 13.1. The molecule has 1 N–H and O–H groups in total. The van der Waals surface area contributed by atoms with Gasteiger partial charge in [-0.05, 0) is 57.5 Å². The fourth-order valence-corrected chi connectivity index (χ4v) is 2.90. The predicted molar refractivity (Wildman–Crippen MR) is 82.4 cm³/mol. The summed E-state index contributed by atoms with van der Waals surface area (Å²) in [5.74, 6) is -0.670. The van der Waals surface area contributed by atoms with Gasteiger partial charge in [-0.2, -0.15) is 0 Å². The Balaban J connectivity index is 1.84. The highest BCUT2D eigenvalue weighted by atomic mass is 19.1. The van der Waals surface area contributed by atoms with Gasteiger partial charge in [0.1, 0.15) is 11.6 Å². The first-order chi connectivity index (χ1) is 10.1. The van der Waals surface area contributed by atoms with Crippen molar-refractivity contribution in [1.29, 1.82) is 0 Å². The van der Waals surface area contributed by atoms with Gasteiger partial charge in [-0.25, -0.2) is 8.78 Å². The molecular weight excluding hydrogens is 270 g/mol. The number of hydrogen-bond donors (Lipinski definition) is 1. The van der Waals surface area contributed by atoms with Crippen molar-refractivity contribution in [3.63, 3.8) is 0 Å². The minimum absolute atomic E-state index is 0.174. The molecule has 2 rings (SSSR count). The van der Waals surface area contributed by atoms with Crippen molar-refractivity contribution in [3.05, 3.63) is 34.9 Å². The molecule has 0 radical (unpaired) electrons. The Morgan fingerprint density at radius 3 is 2.43 bits per heavy atom. The second kappa shape index (κ2) is 7.85. The first kappa shape index (κ1) is 16.4. The van der Waals surface area contributed by atoms with E-state index in [4.69, 9.17) is 0 Å². The molecule has 2 nitrogen and oxygen atoms in total. The maximum atomic E-state index is 13.9. The number of rotatable bonds is 5. The quantitative estimate of drug-likeness (QED) is 0.889. The molecule has 118 valence electrons. The third kappa shape index (κ3) is 4.75. The molecule has 0 aromatic heterocycles. The van der Waals surface area contributed by atoms with Crippen LogP contribution >= 0.6 is 0 Å². The van der Waals surface area contributed by atoms with E-state index in [1.165, 1.54) is 37.8 Å². The van der Waals surface area contributed by atoms with Crippen LogP contribution in [0.25, 0.3) is 0 Å². The van der Waals surface area contributed by atoms with E-state index in [2.05, 4.69) is 10.2 Å². The van der Waals surface area contributed by atoms with Crippen molar-refractivity contribution in [2.45, 2.75) is 45.6 Å². The molecule has 0 aliphatic carbocycles. The number of aryl methyl sites for hydroxylation is 1. The Morgan fingerprint density at radius 1 is 1.10 bits per heavy atom. The lowest BCUT2D eigenvalue weighted by Crippen LogP contribution is -2.34. The molecule has 1 aliphatic heterocycles. The summed E-state index contributed by atoms with van der Waals surface area (Å²) in [5.41, 5.74) is 0.766. The predicted octanol–water partition coefficient (Wildman–Crippen LogP) is 3.80. The molecule has 1 unspecified atom stereocenters. The van der Waals surface area contributed by atoms with Crippen molar-refractivity contribution < 1.29 is 8.78 Å². The highest BCUT2D eigenvalue weighted by Crippen LogP contribution is 2.20. The van der Waals surface area contributed by atoms with Gasteiger partial charge < -0.3 is 10.2 Å². The summed E-state index contributed by atoms with van der Waals surface area (Å²) in [6.45, 7) is 7.55. The number of nitrogens with one attached hydrogen (secondary N) is 1. The van der Waals surface area contributed by atoms with E-state index in [9.17, 15) is 8.78 Å². The lowest BCUT2D eigenvalue weighted by molar-refractivity contribution is 0.280. The van der Waals surface area contributed by atoms with Gasteiger partial charge in [0.05, 0.1) is 0 Å². The Morgan fingerprint density at radius 2 is 1.76 bits per heavy atom. The van der Waals surface area contributed by atoms with E-state index in [1.807, 2.05) is 6.92 Å². The van der Waals surface area contributed by atoms with Crippen molar-refractivity contribution in [3.8, 4) is 0 Å². The average molecular weight is 296 g/mol. The molecule has 1 heterocycles. The van der Waals surface area contributed by atoms with Gasteiger partial charge in [0.2, 0.25) is 0 Å². The number of benzene rings is 1. The topological polar surface area (TPSA) is 15.3 Å². The maximum Gasteiger partial charge on any atom is 0.128 e. The third-order valence-electron chi connectivity index (χ3n) is 4.32. The number of likely N-dealkylation sites (tertiary alicyclic amines) is 1. The highest BCUT2D eigenvalue weighted by Gasteiger charge is 2.14. The maximum absolute atomic E-state index is 13.9. The van der Waals surface area contributed by atoms with E-state index in [-0.39, 0.29) is 17.7 Å². The Kier molecular flexibility index (Phi) is 6.12. The van der Waals surface area contributed by atoms with Crippen molar-refractivity contribution in [1.82, 2.24) is 10.2 Å².